The van der Waals surface area contributed by atoms with Crippen LogP contribution >= 0.6 is 11.6 Å². The minimum atomic E-state index is -0.815. The molecule has 0 radical (unpaired) electrons. The van der Waals surface area contributed by atoms with Crippen LogP contribution in [0.1, 0.15) is 18.9 Å². The van der Waals surface area contributed by atoms with Gasteiger partial charge in [-0.1, -0.05) is 35.9 Å². The van der Waals surface area contributed by atoms with Crippen molar-refractivity contribution < 1.29 is 18.3 Å². The number of esters is 1. The molecule has 1 aliphatic rings. The van der Waals surface area contributed by atoms with E-state index in [4.69, 9.17) is 22.1 Å². The average molecular weight is 437 g/mol. The third-order valence-corrected chi connectivity index (χ3v) is 5.52. The molecule has 2 aromatic carbocycles. The lowest BCUT2D eigenvalue weighted by Gasteiger charge is -2.36. The molecule has 1 saturated heterocycles. The second kappa shape index (κ2) is 10.3. The van der Waals surface area contributed by atoms with Crippen LogP contribution in [0.5, 0.6) is 0 Å². The first kappa shape index (κ1) is 22.7. The number of alkyl halides is 1. The highest BCUT2D eigenvalue weighted by atomic mass is 35.5. The van der Waals surface area contributed by atoms with Crippen LogP contribution < -0.4 is 5.73 Å². The summed E-state index contributed by atoms with van der Waals surface area (Å²) in [4.78, 5) is 14.2. The number of nitrogens with two attached hydrogens (primary N) is 1. The van der Waals surface area contributed by atoms with E-state index in [1.165, 1.54) is 12.1 Å². The van der Waals surface area contributed by atoms with E-state index in [1.807, 2.05) is 29.2 Å². The first-order chi connectivity index (χ1) is 14.4. The summed E-state index contributed by atoms with van der Waals surface area (Å²) >= 11 is 5.98. The SMILES string of the molecule is CCOC(=O)[C@@H](C[C@H](N)Cc1ccc(-c2cc(Cl)ccc2F)cc1)CN1CC(F)C1. The maximum absolute atomic E-state index is 14.1. The molecule has 30 heavy (non-hydrogen) atoms. The molecular formula is C23H27ClF2N2O2. The van der Waals surface area contributed by atoms with E-state index in [0.29, 0.717) is 49.7 Å². The predicted octanol–water partition coefficient (Wildman–Crippen LogP) is 4.24. The highest BCUT2D eigenvalue weighted by Gasteiger charge is 2.32. The molecule has 2 atom stereocenters. The average Bonchev–Trinajstić information content (AvgIpc) is 2.69. The number of nitrogens with zero attached hydrogens (tertiary/aromatic N) is 1. The smallest absolute Gasteiger partial charge is 0.310 e. The lowest BCUT2D eigenvalue weighted by Crippen LogP contribution is -2.51. The van der Waals surface area contributed by atoms with E-state index in [2.05, 4.69) is 0 Å². The fourth-order valence-electron chi connectivity index (χ4n) is 3.76. The molecule has 0 aliphatic carbocycles. The summed E-state index contributed by atoms with van der Waals surface area (Å²) in [7, 11) is 0. The molecule has 1 aliphatic heterocycles. The van der Waals surface area contributed by atoms with Gasteiger partial charge in [0.1, 0.15) is 12.0 Å². The number of ether oxygens (including phenoxy) is 1. The Kier molecular flexibility index (Phi) is 7.81. The number of rotatable bonds is 9. The standard InChI is InChI=1S/C23H27ClF2N2O2/c1-2-30-23(29)17(12-28-13-19(25)14-28)10-20(27)9-15-3-5-16(6-4-15)21-11-18(24)7-8-22(21)26/h3-8,11,17,19-20H,2,9-10,12-14,27H2,1H3/t17-,20+/m0/s1. The Hall–Kier alpha value is -2.02. The van der Waals surface area contributed by atoms with E-state index in [-0.39, 0.29) is 23.7 Å². The first-order valence-corrected chi connectivity index (χ1v) is 10.6. The predicted molar refractivity (Wildman–Crippen MR) is 115 cm³/mol. The Morgan fingerprint density at radius 3 is 2.60 bits per heavy atom. The molecular weight excluding hydrogens is 410 g/mol. The Morgan fingerprint density at radius 2 is 1.97 bits per heavy atom. The Balaban J connectivity index is 1.61. The monoisotopic (exact) mass is 436 g/mol. The van der Waals surface area contributed by atoms with Gasteiger partial charge in [-0.3, -0.25) is 9.69 Å². The van der Waals surface area contributed by atoms with Crippen molar-refractivity contribution in [1.29, 1.82) is 0 Å². The molecule has 0 spiro atoms. The lowest BCUT2D eigenvalue weighted by atomic mass is 9.93. The largest absolute Gasteiger partial charge is 0.466 e. The van der Waals surface area contributed by atoms with Crippen molar-refractivity contribution in [3.8, 4) is 11.1 Å². The number of hydrogen-bond donors (Lipinski definition) is 1. The molecule has 0 unspecified atom stereocenters. The maximum atomic E-state index is 14.1. The van der Waals surface area contributed by atoms with Gasteiger partial charge in [0.15, 0.2) is 0 Å². The van der Waals surface area contributed by atoms with Gasteiger partial charge in [-0.2, -0.15) is 0 Å². The molecule has 4 nitrogen and oxygen atoms in total. The Labute approximate surface area is 181 Å². The summed E-state index contributed by atoms with van der Waals surface area (Å²) in [6.07, 6.45) is 0.209. The zero-order valence-electron chi connectivity index (χ0n) is 17.0. The van der Waals surface area contributed by atoms with Crippen molar-refractivity contribution in [2.45, 2.75) is 32.0 Å². The zero-order chi connectivity index (χ0) is 21.7. The molecule has 1 fully saturated rings. The molecule has 2 aromatic rings. The fourth-order valence-corrected chi connectivity index (χ4v) is 3.94. The van der Waals surface area contributed by atoms with Gasteiger partial charge in [-0.15, -0.1) is 0 Å². The summed E-state index contributed by atoms with van der Waals surface area (Å²) in [5, 5.41) is 0.476. The molecule has 162 valence electrons. The van der Waals surface area contributed by atoms with Crippen LogP contribution in [0, 0.1) is 11.7 Å². The van der Waals surface area contributed by atoms with Crippen molar-refractivity contribution in [2.24, 2.45) is 11.7 Å². The molecule has 7 heteroatoms. The summed E-state index contributed by atoms with van der Waals surface area (Å²) < 4.78 is 32.3. The number of likely N-dealkylation sites (tertiary alicyclic amines) is 1. The van der Waals surface area contributed by atoms with Crippen molar-refractivity contribution in [1.82, 2.24) is 4.90 Å². The van der Waals surface area contributed by atoms with Crippen molar-refractivity contribution in [3.63, 3.8) is 0 Å². The van der Waals surface area contributed by atoms with Crippen LogP contribution in [-0.2, 0) is 16.0 Å². The van der Waals surface area contributed by atoms with Gasteiger partial charge >= 0.3 is 5.97 Å². The van der Waals surface area contributed by atoms with Crippen LogP contribution in [0.25, 0.3) is 11.1 Å². The van der Waals surface area contributed by atoms with Gasteiger partial charge in [-0.25, -0.2) is 8.78 Å². The second-order valence-electron chi connectivity index (χ2n) is 7.79. The minimum Gasteiger partial charge on any atom is -0.466 e. The lowest BCUT2D eigenvalue weighted by molar-refractivity contribution is -0.150. The first-order valence-electron chi connectivity index (χ1n) is 10.2. The molecule has 0 aromatic heterocycles. The topological polar surface area (TPSA) is 55.6 Å². The third-order valence-electron chi connectivity index (χ3n) is 5.29. The van der Waals surface area contributed by atoms with E-state index in [9.17, 15) is 13.6 Å². The van der Waals surface area contributed by atoms with Gasteiger partial charge in [-0.05, 0) is 49.1 Å². The van der Waals surface area contributed by atoms with E-state index in [1.54, 1.807) is 13.0 Å². The van der Waals surface area contributed by atoms with Gasteiger partial charge in [0, 0.05) is 36.3 Å². The van der Waals surface area contributed by atoms with Gasteiger partial charge in [0.2, 0.25) is 0 Å². The van der Waals surface area contributed by atoms with Gasteiger partial charge < -0.3 is 10.5 Å². The van der Waals surface area contributed by atoms with Crippen LogP contribution in [-0.4, -0.2) is 49.3 Å². The van der Waals surface area contributed by atoms with Crippen LogP contribution in [0.2, 0.25) is 5.02 Å². The number of carbonyl (C=O) groups excluding carboxylic acids is 1. The highest BCUT2D eigenvalue weighted by molar-refractivity contribution is 6.30. The van der Waals surface area contributed by atoms with Crippen molar-refractivity contribution in [3.05, 3.63) is 58.9 Å². The van der Waals surface area contributed by atoms with Crippen molar-refractivity contribution >= 4 is 17.6 Å². The molecule has 1 heterocycles. The quantitative estimate of drug-likeness (QED) is 0.597. The number of halogens is 3. The zero-order valence-corrected chi connectivity index (χ0v) is 17.7. The summed E-state index contributed by atoms with van der Waals surface area (Å²) in [5.74, 6) is -1.00. The third kappa shape index (κ3) is 6.00. The number of carbonyl (C=O) groups is 1. The van der Waals surface area contributed by atoms with E-state index in [0.717, 1.165) is 11.1 Å². The second-order valence-corrected chi connectivity index (χ2v) is 8.22. The van der Waals surface area contributed by atoms with E-state index >= 15 is 0 Å². The molecule has 3 rings (SSSR count). The molecule has 0 bridgehead atoms. The molecule has 2 N–H and O–H groups in total. The minimum absolute atomic E-state index is 0.254. The number of benzene rings is 2. The maximum Gasteiger partial charge on any atom is 0.310 e. The van der Waals surface area contributed by atoms with Gasteiger partial charge in [0.05, 0.1) is 12.5 Å². The van der Waals surface area contributed by atoms with Crippen LogP contribution in [0.15, 0.2) is 42.5 Å². The normalized spacial score (nSPS) is 16.7. The van der Waals surface area contributed by atoms with Gasteiger partial charge in [0.25, 0.3) is 0 Å². The highest BCUT2D eigenvalue weighted by Crippen LogP contribution is 2.27. The molecule has 0 amide bonds. The summed E-state index contributed by atoms with van der Waals surface area (Å²) in [6, 6.07) is 11.7. The Bertz CT molecular complexity index is 857. The van der Waals surface area contributed by atoms with E-state index < -0.39 is 6.17 Å². The fraction of sp³-hybridized carbons (Fsp3) is 0.435. The number of hydrogen-bond acceptors (Lipinski definition) is 4. The summed E-state index contributed by atoms with van der Waals surface area (Å²) in [6.45, 7) is 3.23. The van der Waals surface area contributed by atoms with Crippen molar-refractivity contribution in [2.75, 3.05) is 26.2 Å². The van der Waals surface area contributed by atoms with Crippen LogP contribution in [0.4, 0.5) is 8.78 Å². The van der Waals surface area contributed by atoms with Crippen LogP contribution in [0.3, 0.4) is 0 Å². The summed E-state index contributed by atoms with van der Waals surface area (Å²) in [5.41, 5.74) is 8.49. The Morgan fingerprint density at radius 1 is 1.27 bits per heavy atom. The molecule has 0 saturated carbocycles.